The van der Waals surface area contributed by atoms with Crippen LogP contribution in [-0.2, 0) is 19.4 Å². The van der Waals surface area contributed by atoms with Crippen molar-refractivity contribution in [2.45, 2.75) is 52.0 Å². The molecule has 2 aliphatic heterocycles. The monoisotopic (exact) mass is 247 g/mol. The zero-order valence-corrected chi connectivity index (χ0v) is 11.6. The summed E-state index contributed by atoms with van der Waals surface area (Å²) in [6.45, 7) is 7.26. The summed E-state index contributed by atoms with van der Waals surface area (Å²) in [7, 11) is 0. The molecule has 0 amide bonds. The number of piperidine rings is 1. The maximum absolute atomic E-state index is 4.69. The third-order valence-electron chi connectivity index (χ3n) is 4.61. The van der Waals surface area contributed by atoms with E-state index in [-0.39, 0.29) is 0 Å². The van der Waals surface area contributed by atoms with Crippen LogP contribution in [0.4, 0.5) is 0 Å². The van der Waals surface area contributed by atoms with Crippen LogP contribution in [0.25, 0.3) is 0 Å². The number of imidazole rings is 1. The second kappa shape index (κ2) is 5.43. The van der Waals surface area contributed by atoms with E-state index in [1.54, 1.807) is 0 Å². The lowest BCUT2D eigenvalue weighted by Gasteiger charge is -2.32. The van der Waals surface area contributed by atoms with Gasteiger partial charge in [-0.25, -0.2) is 4.98 Å². The van der Waals surface area contributed by atoms with Gasteiger partial charge in [0.05, 0.1) is 0 Å². The summed E-state index contributed by atoms with van der Waals surface area (Å²) < 4.78 is 2.49. The molecule has 1 saturated heterocycles. The smallest absolute Gasteiger partial charge is 0.109 e. The fourth-order valence-electron chi connectivity index (χ4n) is 3.53. The van der Waals surface area contributed by atoms with Crippen LogP contribution in [0.2, 0.25) is 0 Å². The zero-order valence-electron chi connectivity index (χ0n) is 11.6. The van der Waals surface area contributed by atoms with Crippen LogP contribution in [-0.4, -0.2) is 34.1 Å². The van der Waals surface area contributed by atoms with Crippen LogP contribution in [0, 0.1) is 5.92 Å². The Bertz CT molecular complexity index is 396. The Hall–Kier alpha value is -0.830. The molecule has 2 aliphatic rings. The minimum absolute atomic E-state index is 0.826. The Morgan fingerprint density at radius 1 is 1.28 bits per heavy atom. The Morgan fingerprint density at radius 3 is 3.11 bits per heavy atom. The second-order valence-electron chi connectivity index (χ2n) is 5.88. The summed E-state index contributed by atoms with van der Waals surface area (Å²) in [4.78, 5) is 7.28. The van der Waals surface area contributed by atoms with Crippen molar-refractivity contribution >= 4 is 0 Å². The maximum Gasteiger partial charge on any atom is 0.109 e. The molecule has 0 aromatic carbocycles. The van der Waals surface area contributed by atoms with E-state index < -0.39 is 0 Å². The Kier molecular flexibility index (Phi) is 3.69. The van der Waals surface area contributed by atoms with Crippen molar-refractivity contribution in [2.24, 2.45) is 5.92 Å². The molecule has 0 aliphatic carbocycles. The Balaban J connectivity index is 1.67. The van der Waals surface area contributed by atoms with E-state index in [2.05, 4.69) is 27.6 Å². The molecule has 100 valence electrons. The summed E-state index contributed by atoms with van der Waals surface area (Å²) in [5.74, 6) is 2.18. The summed E-state index contributed by atoms with van der Waals surface area (Å²) in [6.07, 6.45) is 9.98. The zero-order chi connectivity index (χ0) is 12.4. The van der Waals surface area contributed by atoms with Gasteiger partial charge < -0.3 is 9.47 Å². The third-order valence-corrected chi connectivity index (χ3v) is 4.61. The third kappa shape index (κ3) is 2.46. The summed E-state index contributed by atoms with van der Waals surface area (Å²) in [5, 5.41) is 0. The van der Waals surface area contributed by atoms with Crippen molar-refractivity contribution in [3.8, 4) is 0 Å². The normalized spacial score (nSPS) is 25.1. The van der Waals surface area contributed by atoms with E-state index in [0.29, 0.717) is 0 Å². The van der Waals surface area contributed by atoms with E-state index in [1.807, 2.05) is 0 Å². The predicted molar refractivity (Wildman–Crippen MR) is 73.7 cm³/mol. The van der Waals surface area contributed by atoms with Gasteiger partial charge in [0, 0.05) is 31.4 Å². The molecule has 18 heavy (non-hydrogen) atoms. The van der Waals surface area contributed by atoms with Crippen molar-refractivity contribution < 1.29 is 0 Å². The maximum atomic E-state index is 4.69. The summed E-state index contributed by atoms with van der Waals surface area (Å²) in [5.41, 5.74) is 1.47. The molecule has 1 unspecified atom stereocenters. The number of hydrogen-bond acceptors (Lipinski definition) is 2. The van der Waals surface area contributed by atoms with Crippen molar-refractivity contribution in [1.29, 1.82) is 0 Å². The first-order chi connectivity index (χ1) is 8.86. The minimum Gasteiger partial charge on any atom is -0.332 e. The molecule has 0 radical (unpaired) electrons. The molecule has 1 aromatic heterocycles. The minimum atomic E-state index is 0.826. The van der Waals surface area contributed by atoms with Crippen LogP contribution in [0.1, 0.15) is 44.1 Å². The highest BCUT2D eigenvalue weighted by Crippen LogP contribution is 2.23. The molecule has 0 N–H and O–H groups in total. The van der Waals surface area contributed by atoms with Crippen molar-refractivity contribution in [3.63, 3.8) is 0 Å². The lowest BCUT2D eigenvalue weighted by atomic mass is 9.94. The molecule has 1 atom stereocenters. The number of hydrogen-bond donors (Lipinski definition) is 0. The van der Waals surface area contributed by atoms with Gasteiger partial charge in [-0.2, -0.15) is 0 Å². The average Bonchev–Trinajstić information content (AvgIpc) is 2.83. The molecule has 3 heterocycles. The van der Waals surface area contributed by atoms with E-state index >= 15 is 0 Å². The number of nitrogens with zero attached hydrogens (tertiary/aromatic N) is 3. The molecular formula is C15H25N3. The largest absolute Gasteiger partial charge is 0.332 e. The van der Waals surface area contributed by atoms with Crippen LogP contribution in [0.3, 0.4) is 0 Å². The molecule has 3 nitrogen and oxygen atoms in total. The SMILES string of the molecule is CCN1CCCC(Cc2ncc3n2CCCC3)C1. The molecule has 1 aromatic rings. The van der Waals surface area contributed by atoms with E-state index in [0.717, 1.165) is 5.92 Å². The van der Waals surface area contributed by atoms with Gasteiger partial charge in [0.25, 0.3) is 0 Å². The van der Waals surface area contributed by atoms with Gasteiger partial charge in [0.15, 0.2) is 0 Å². The molecule has 0 bridgehead atoms. The molecule has 0 saturated carbocycles. The summed E-state index contributed by atoms with van der Waals surface area (Å²) >= 11 is 0. The number of fused-ring (bicyclic) bond motifs is 1. The quantitative estimate of drug-likeness (QED) is 0.818. The van der Waals surface area contributed by atoms with Gasteiger partial charge >= 0.3 is 0 Å². The first kappa shape index (κ1) is 12.2. The van der Waals surface area contributed by atoms with Crippen LogP contribution < -0.4 is 0 Å². The van der Waals surface area contributed by atoms with Crippen LogP contribution in [0.5, 0.6) is 0 Å². The van der Waals surface area contributed by atoms with Gasteiger partial charge in [-0.3, -0.25) is 0 Å². The first-order valence-corrected chi connectivity index (χ1v) is 7.62. The van der Waals surface area contributed by atoms with Crippen molar-refractivity contribution in [1.82, 2.24) is 14.5 Å². The molecule has 3 rings (SSSR count). The number of aryl methyl sites for hydroxylation is 1. The molecular weight excluding hydrogens is 222 g/mol. The van der Waals surface area contributed by atoms with Gasteiger partial charge in [0.2, 0.25) is 0 Å². The predicted octanol–water partition coefficient (Wildman–Crippen LogP) is 2.49. The van der Waals surface area contributed by atoms with Crippen LogP contribution in [0.15, 0.2) is 6.20 Å². The Morgan fingerprint density at radius 2 is 2.22 bits per heavy atom. The lowest BCUT2D eigenvalue weighted by Crippen LogP contribution is -2.36. The fraction of sp³-hybridized carbons (Fsp3) is 0.800. The second-order valence-corrected chi connectivity index (χ2v) is 5.88. The lowest BCUT2D eigenvalue weighted by molar-refractivity contribution is 0.180. The van der Waals surface area contributed by atoms with Gasteiger partial charge in [0.1, 0.15) is 5.82 Å². The average molecular weight is 247 g/mol. The van der Waals surface area contributed by atoms with Crippen molar-refractivity contribution in [2.75, 3.05) is 19.6 Å². The number of aromatic nitrogens is 2. The fourth-order valence-corrected chi connectivity index (χ4v) is 3.53. The highest BCUT2D eigenvalue weighted by molar-refractivity contribution is 5.08. The summed E-state index contributed by atoms with van der Waals surface area (Å²) in [6, 6.07) is 0. The standard InChI is InChI=1S/C15H25N3/c1-2-17-8-5-6-13(12-17)10-15-16-11-14-7-3-4-9-18(14)15/h11,13H,2-10,12H2,1H3. The highest BCUT2D eigenvalue weighted by atomic mass is 15.1. The number of likely N-dealkylation sites (tertiary alicyclic amines) is 1. The topological polar surface area (TPSA) is 21.1 Å². The molecule has 1 fully saturated rings. The Labute approximate surface area is 110 Å². The molecule has 0 spiro atoms. The van der Waals surface area contributed by atoms with E-state index in [9.17, 15) is 0 Å². The molecule has 3 heteroatoms. The first-order valence-electron chi connectivity index (χ1n) is 7.62. The van der Waals surface area contributed by atoms with E-state index in [4.69, 9.17) is 0 Å². The van der Waals surface area contributed by atoms with E-state index in [1.165, 1.54) is 76.2 Å². The highest BCUT2D eigenvalue weighted by Gasteiger charge is 2.22. The van der Waals surface area contributed by atoms with Crippen molar-refractivity contribution in [3.05, 3.63) is 17.7 Å². The van der Waals surface area contributed by atoms with Gasteiger partial charge in [-0.15, -0.1) is 0 Å². The van der Waals surface area contributed by atoms with Gasteiger partial charge in [-0.05, 0) is 51.1 Å². The van der Waals surface area contributed by atoms with Crippen LogP contribution >= 0.6 is 0 Å². The van der Waals surface area contributed by atoms with Gasteiger partial charge in [-0.1, -0.05) is 6.92 Å². The number of rotatable bonds is 3.